The monoisotopic (exact) mass is 371 g/mol. The molecule has 26 heavy (non-hydrogen) atoms. The molecule has 4 rings (SSSR count). The molecule has 1 N–H and O–H groups in total. The smallest absolute Gasteiger partial charge is 0.354 e. The van der Waals surface area contributed by atoms with Gasteiger partial charge in [0.05, 0.1) is 17.1 Å². The summed E-state index contributed by atoms with van der Waals surface area (Å²) in [5.41, 5.74) is 3.02. The molecule has 0 spiro atoms. The fourth-order valence-electron chi connectivity index (χ4n) is 3.17. The normalized spacial score (nSPS) is 13.8. The summed E-state index contributed by atoms with van der Waals surface area (Å²) in [7, 11) is 1.70. The van der Waals surface area contributed by atoms with Crippen LogP contribution in [0.5, 0.6) is 5.75 Å². The van der Waals surface area contributed by atoms with E-state index in [-0.39, 0.29) is 18.2 Å². The van der Waals surface area contributed by atoms with Crippen molar-refractivity contribution in [2.24, 2.45) is 0 Å². The zero-order chi connectivity index (χ0) is 18.4. The Kier molecular flexibility index (Phi) is 3.91. The van der Waals surface area contributed by atoms with Crippen molar-refractivity contribution < 1.29 is 19.4 Å². The fraction of sp³-hybridized carbons (Fsp3) is 0.278. The van der Waals surface area contributed by atoms with E-state index in [4.69, 9.17) is 4.74 Å². The molecule has 0 atom stereocenters. The number of benzene rings is 1. The van der Waals surface area contributed by atoms with Gasteiger partial charge in [-0.2, -0.15) is 0 Å². The molecule has 1 amide bonds. The molecule has 1 aliphatic heterocycles. The number of carbonyl (C=O) groups excluding carboxylic acids is 1. The molecule has 3 aromatic rings. The second-order valence-corrected chi connectivity index (χ2v) is 6.96. The van der Waals surface area contributed by atoms with E-state index in [1.54, 1.807) is 22.4 Å². The third-order valence-electron chi connectivity index (χ3n) is 4.47. The molecular weight excluding hydrogens is 354 g/mol. The van der Waals surface area contributed by atoms with Crippen molar-refractivity contribution in [3.63, 3.8) is 0 Å². The Hall–Kier alpha value is -2.87. The van der Waals surface area contributed by atoms with Gasteiger partial charge in [-0.3, -0.25) is 9.20 Å². The number of anilines is 1. The quantitative estimate of drug-likeness (QED) is 0.762. The van der Waals surface area contributed by atoms with Crippen molar-refractivity contribution in [2.75, 3.05) is 18.6 Å². The maximum absolute atomic E-state index is 11.9. The van der Waals surface area contributed by atoms with E-state index >= 15 is 0 Å². The first-order valence-corrected chi connectivity index (χ1v) is 9.15. The Bertz CT molecular complexity index is 1040. The number of ether oxygens (including phenoxy) is 1. The van der Waals surface area contributed by atoms with Crippen molar-refractivity contribution in [2.45, 2.75) is 19.8 Å². The molecule has 0 radical (unpaired) electrons. The lowest BCUT2D eigenvalue weighted by Gasteiger charge is -2.26. The Morgan fingerprint density at radius 3 is 2.96 bits per heavy atom. The number of aromatic carboxylic acids is 1. The lowest BCUT2D eigenvalue weighted by atomic mass is 10.1. The van der Waals surface area contributed by atoms with Crippen molar-refractivity contribution in [1.29, 1.82) is 0 Å². The van der Waals surface area contributed by atoms with Gasteiger partial charge in [-0.1, -0.05) is 13.3 Å². The van der Waals surface area contributed by atoms with Gasteiger partial charge in [0.25, 0.3) is 5.91 Å². The summed E-state index contributed by atoms with van der Waals surface area (Å²) in [4.78, 5) is 30.5. The molecule has 2 aromatic heterocycles. The van der Waals surface area contributed by atoms with E-state index in [0.717, 1.165) is 17.7 Å². The van der Waals surface area contributed by atoms with Gasteiger partial charge in [0, 0.05) is 18.0 Å². The van der Waals surface area contributed by atoms with Crippen LogP contribution in [0.15, 0.2) is 23.6 Å². The third kappa shape index (κ3) is 2.45. The number of rotatable bonds is 4. The largest absolute Gasteiger partial charge is 0.482 e. The van der Waals surface area contributed by atoms with Gasteiger partial charge in [0.15, 0.2) is 17.3 Å². The molecule has 3 heterocycles. The van der Waals surface area contributed by atoms with Crippen LogP contribution in [0.25, 0.3) is 16.2 Å². The number of fused-ring (bicyclic) bond motifs is 2. The molecule has 0 aliphatic carbocycles. The van der Waals surface area contributed by atoms with Crippen LogP contribution >= 0.6 is 11.3 Å². The van der Waals surface area contributed by atoms with Gasteiger partial charge in [0.2, 0.25) is 0 Å². The Labute approximate surface area is 153 Å². The number of carbonyl (C=O) groups is 2. The summed E-state index contributed by atoms with van der Waals surface area (Å²) in [6.07, 6.45) is 1.44. The zero-order valence-corrected chi connectivity index (χ0v) is 15.2. The van der Waals surface area contributed by atoms with Crippen LogP contribution in [0.4, 0.5) is 5.69 Å². The van der Waals surface area contributed by atoms with Crippen LogP contribution < -0.4 is 9.64 Å². The number of thiazole rings is 1. The summed E-state index contributed by atoms with van der Waals surface area (Å²) >= 11 is 1.40. The van der Waals surface area contributed by atoms with Gasteiger partial charge in [-0.05, 0) is 24.6 Å². The van der Waals surface area contributed by atoms with E-state index in [9.17, 15) is 14.7 Å². The summed E-state index contributed by atoms with van der Waals surface area (Å²) in [5, 5.41) is 11.6. The predicted molar refractivity (Wildman–Crippen MR) is 98.4 cm³/mol. The standard InChI is InChI=1S/C18H17N3O4S/c1-3-4-11-16(17(23)24)21-13(9-26-18(21)19-11)10-5-6-14-12(7-10)20(2)15(22)8-25-14/h5-7,9H,3-4,8H2,1-2H3,(H,23,24). The molecule has 1 aliphatic rings. The van der Waals surface area contributed by atoms with E-state index in [2.05, 4.69) is 4.98 Å². The Morgan fingerprint density at radius 1 is 1.42 bits per heavy atom. The number of hydrogen-bond acceptors (Lipinski definition) is 5. The highest BCUT2D eigenvalue weighted by Gasteiger charge is 2.25. The first-order chi connectivity index (χ1) is 12.5. The topological polar surface area (TPSA) is 84.1 Å². The number of imidazole rings is 1. The number of carboxylic acid groups (broad SMARTS) is 1. The number of hydrogen-bond donors (Lipinski definition) is 1. The molecule has 1 aromatic carbocycles. The van der Waals surface area contributed by atoms with Crippen molar-refractivity contribution in [3.05, 3.63) is 35.0 Å². The van der Waals surface area contributed by atoms with E-state index in [1.807, 2.05) is 24.4 Å². The molecule has 0 bridgehead atoms. The average Bonchev–Trinajstić information content (AvgIpc) is 3.17. The van der Waals surface area contributed by atoms with E-state index in [1.165, 1.54) is 11.3 Å². The van der Waals surface area contributed by atoms with Crippen LogP contribution in [0.1, 0.15) is 29.5 Å². The maximum Gasteiger partial charge on any atom is 0.354 e. The maximum atomic E-state index is 11.9. The fourth-order valence-corrected chi connectivity index (χ4v) is 4.08. The number of nitrogens with zero attached hydrogens (tertiary/aromatic N) is 3. The van der Waals surface area contributed by atoms with Crippen LogP contribution in [0, 0.1) is 0 Å². The number of likely N-dealkylation sites (N-methyl/N-ethyl adjacent to an activating group) is 1. The molecule has 7 nitrogen and oxygen atoms in total. The molecule has 0 fully saturated rings. The van der Waals surface area contributed by atoms with Gasteiger partial charge in [-0.15, -0.1) is 11.3 Å². The minimum Gasteiger partial charge on any atom is -0.482 e. The van der Waals surface area contributed by atoms with Crippen LogP contribution in [0.3, 0.4) is 0 Å². The Morgan fingerprint density at radius 2 is 2.23 bits per heavy atom. The highest BCUT2D eigenvalue weighted by molar-refractivity contribution is 7.15. The number of carboxylic acids is 1. The second kappa shape index (κ2) is 6.14. The Balaban J connectivity index is 1.90. The van der Waals surface area contributed by atoms with Crippen molar-refractivity contribution in [3.8, 4) is 17.0 Å². The average molecular weight is 371 g/mol. The number of amides is 1. The lowest BCUT2D eigenvalue weighted by Crippen LogP contribution is -2.35. The van der Waals surface area contributed by atoms with Crippen molar-refractivity contribution in [1.82, 2.24) is 9.38 Å². The first-order valence-electron chi connectivity index (χ1n) is 8.27. The van der Waals surface area contributed by atoms with Gasteiger partial charge >= 0.3 is 5.97 Å². The molecular formula is C18H17N3O4S. The number of aryl methyl sites for hydroxylation is 1. The van der Waals surface area contributed by atoms with Gasteiger partial charge in [0.1, 0.15) is 5.75 Å². The summed E-state index contributed by atoms with van der Waals surface area (Å²) < 4.78 is 7.15. The van der Waals surface area contributed by atoms with Gasteiger partial charge < -0.3 is 14.7 Å². The molecule has 8 heteroatoms. The minimum absolute atomic E-state index is 0.0244. The molecule has 0 unspecified atom stereocenters. The van der Waals surface area contributed by atoms with E-state index in [0.29, 0.717) is 28.5 Å². The lowest BCUT2D eigenvalue weighted by molar-refractivity contribution is -0.120. The minimum atomic E-state index is -0.991. The highest BCUT2D eigenvalue weighted by atomic mass is 32.1. The highest BCUT2D eigenvalue weighted by Crippen LogP contribution is 2.37. The zero-order valence-electron chi connectivity index (χ0n) is 14.4. The van der Waals surface area contributed by atoms with E-state index < -0.39 is 5.97 Å². The SMILES string of the molecule is CCCc1nc2scc(-c3ccc4c(c3)N(C)C(=O)CO4)n2c1C(=O)O. The van der Waals surface area contributed by atoms with Gasteiger partial charge in [-0.25, -0.2) is 9.78 Å². The second-order valence-electron chi connectivity index (χ2n) is 6.13. The summed E-state index contributed by atoms with van der Waals surface area (Å²) in [6, 6.07) is 5.52. The number of aromatic nitrogens is 2. The summed E-state index contributed by atoms with van der Waals surface area (Å²) in [5.74, 6) is -0.475. The first kappa shape index (κ1) is 16.6. The molecule has 0 saturated carbocycles. The molecule has 134 valence electrons. The third-order valence-corrected chi connectivity index (χ3v) is 5.29. The van der Waals surface area contributed by atoms with Crippen LogP contribution in [-0.4, -0.2) is 40.0 Å². The van der Waals surface area contributed by atoms with Crippen LogP contribution in [-0.2, 0) is 11.2 Å². The van der Waals surface area contributed by atoms with Crippen LogP contribution in [0.2, 0.25) is 0 Å². The molecule has 0 saturated heterocycles. The van der Waals surface area contributed by atoms with Crippen molar-refractivity contribution >= 4 is 33.9 Å². The predicted octanol–water partition coefficient (Wildman–Crippen LogP) is 3.07. The summed E-state index contributed by atoms with van der Waals surface area (Å²) in [6.45, 7) is 2.02.